The maximum absolute atomic E-state index is 12.2. The molecule has 26 heavy (non-hydrogen) atoms. The van der Waals surface area contributed by atoms with Crippen LogP contribution in [0.15, 0.2) is 66.7 Å². The number of benzene rings is 3. The first-order valence-electron chi connectivity index (χ1n) is 8.56. The van der Waals surface area contributed by atoms with Crippen LogP contribution in [0.4, 0.5) is 0 Å². The third-order valence-corrected chi connectivity index (χ3v) is 4.18. The predicted molar refractivity (Wildman–Crippen MR) is 102 cm³/mol. The van der Waals surface area contributed by atoms with Crippen LogP contribution in [0.2, 0.25) is 0 Å². The van der Waals surface area contributed by atoms with Crippen LogP contribution in [0.25, 0.3) is 10.8 Å². The van der Waals surface area contributed by atoms with Crippen molar-refractivity contribution in [3.8, 4) is 0 Å². The Bertz CT molecular complexity index is 911. The minimum absolute atomic E-state index is 0.130. The standard InChI is InChI=1S/C22H21NO3/c1-16-9-11-17(12-10-16)15-26-22(25)14-23-21(24)13-19-7-4-6-18-5-2-3-8-20(18)19/h2-12H,13-15H2,1H3,(H,23,24). The lowest BCUT2D eigenvalue weighted by Crippen LogP contribution is -2.31. The van der Waals surface area contributed by atoms with Gasteiger partial charge in [-0.05, 0) is 28.8 Å². The van der Waals surface area contributed by atoms with Gasteiger partial charge in [0.1, 0.15) is 13.2 Å². The molecule has 0 heterocycles. The molecule has 1 N–H and O–H groups in total. The van der Waals surface area contributed by atoms with Crippen molar-refractivity contribution < 1.29 is 14.3 Å². The normalized spacial score (nSPS) is 10.5. The largest absolute Gasteiger partial charge is 0.460 e. The molecule has 0 aliphatic rings. The Balaban J connectivity index is 1.49. The van der Waals surface area contributed by atoms with Crippen LogP contribution in [0.3, 0.4) is 0 Å². The van der Waals surface area contributed by atoms with Crippen molar-refractivity contribution in [2.45, 2.75) is 20.0 Å². The Morgan fingerprint density at radius 1 is 0.923 bits per heavy atom. The van der Waals surface area contributed by atoms with Crippen molar-refractivity contribution in [3.05, 3.63) is 83.4 Å². The number of fused-ring (bicyclic) bond motifs is 1. The monoisotopic (exact) mass is 347 g/mol. The van der Waals surface area contributed by atoms with Gasteiger partial charge in [0.15, 0.2) is 0 Å². The summed E-state index contributed by atoms with van der Waals surface area (Å²) in [6.45, 7) is 2.08. The van der Waals surface area contributed by atoms with Crippen LogP contribution in [0, 0.1) is 6.92 Å². The van der Waals surface area contributed by atoms with Gasteiger partial charge in [0.2, 0.25) is 5.91 Å². The number of hydrogen-bond donors (Lipinski definition) is 1. The van der Waals surface area contributed by atoms with E-state index in [-0.39, 0.29) is 25.5 Å². The van der Waals surface area contributed by atoms with Gasteiger partial charge >= 0.3 is 5.97 Å². The number of carbonyl (C=O) groups is 2. The van der Waals surface area contributed by atoms with E-state index < -0.39 is 5.97 Å². The lowest BCUT2D eigenvalue weighted by molar-refractivity contribution is -0.145. The maximum atomic E-state index is 12.2. The Labute approximate surface area is 152 Å². The second-order valence-corrected chi connectivity index (χ2v) is 6.24. The zero-order chi connectivity index (χ0) is 18.4. The number of aryl methyl sites for hydroxylation is 1. The smallest absolute Gasteiger partial charge is 0.325 e. The first kappa shape index (κ1) is 17.7. The van der Waals surface area contributed by atoms with E-state index >= 15 is 0 Å². The molecule has 0 fully saturated rings. The van der Waals surface area contributed by atoms with E-state index in [2.05, 4.69) is 5.32 Å². The molecule has 0 aromatic heterocycles. The maximum Gasteiger partial charge on any atom is 0.325 e. The zero-order valence-corrected chi connectivity index (χ0v) is 14.7. The highest BCUT2D eigenvalue weighted by atomic mass is 16.5. The summed E-state index contributed by atoms with van der Waals surface area (Å²) < 4.78 is 5.19. The van der Waals surface area contributed by atoms with E-state index in [4.69, 9.17) is 4.74 Å². The number of carbonyl (C=O) groups excluding carboxylic acids is 2. The Morgan fingerprint density at radius 3 is 2.46 bits per heavy atom. The summed E-state index contributed by atoms with van der Waals surface area (Å²) in [5, 5.41) is 4.77. The number of esters is 1. The topological polar surface area (TPSA) is 55.4 Å². The molecule has 0 aliphatic carbocycles. The summed E-state index contributed by atoms with van der Waals surface area (Å²) >= 11 is 0. The molecular formula is C22H21NO3. The van der Waals surface area contributed by atoms with Crippen molar-refractivity contribution in [1.29, 1.82) is 0 Å². The molecule has 3 rings (SSSR count). The Kier molecular flexibility index (Phi) is 5.64. The molecule has 3 aromatic rings. The highest BCUT2D eigenvalue weighted by Gasteiger charge is 2.09. The van der Waals surface area contributed by atoms with Gasteiger partial charge in [-0.15, -0.1) is 0 Å². The SMILES string of the molecule is Cc1ccc(COC(=O)CNC(=O)Cc2cccc3ccccc23)cc1. The van der Waals surface area contributed by atoms with Crippen molar-refractivity contribution in [2.75, 3.05) is 6.54 Å². The summed E-state index contributed by atoms with van der Waals surface area (Å²) in [5.41, 5.74) is 3.01. The first-order valence-corrected chi connectivity index (χ1v) is 8.56. The molecule has 4 heteroatoms. The minimum atomic E-state index is -0.447. The molecule has 0 aliphatic heterocycles. The molecular weight excluding hydrogens is 326 g/mol. The predicted octanol–water partition coefficient (Wildman–Crippen LogP) is 3.55. The molecule has 0 radical (unpaired) electrons. The van der Waals surface area contributed by atoms with E-state index in [0.29, 0.717) is 0 Å². The molecule has 0 bridgehead atoms. The molecule has 0 spiro atoms. The fourth-order valence-electron chi connectivity index (χ4n) is 2.75. The van der Waals surface area contributed by atoms with Gasteiger partial charge in [0, 0.05) is 0 Å². The van der Waals surface area contributed by atoms with Crippen LogP contribution < -0.4 is 5.32 Å². The van der Waals surface area contributed by atoms with Crippen molar-refractivity contribution in [2.24, 2.45) is 0 Å². The second kappa shape index (κ2) is 8.30. The van der Waals surface area contributed by atoms with Crippen LogP contribution in [0.5, 0.6) is 0 Å². The average molecular weight is 347 g/mol. The Hall–Kier alpha value is -3.14. The molecule has 0 saturated carbocycles. The second-order valence-electron chi connectivity index (χ2n) is 6.24. The first-order chi connectivity index (χ1) is 12.6. The number of nitrogens with one attached hydrogen (secondary N) is 1. The quantitative estimate of drug-likeness (QED) is 0.694. The van der Waals surface area contributed by atoms with E-state index in [1.165, 1.54) is 0 Å². The van der Waals surface area contributed by atoms with Gasteiger partial charge in [-0.2, -0.15) is 0 Å². The van der Waals surface area contributed by atoms with Gasteiger partial charge in [-0.1, -0.05) is 72.3 Å². The molecule has 132 valence electrons. The highest BCUT2D eigenvalue weighted by molar-refractivity contribution is 5.91. The van der Waals surface area contributed by atoms with Crippen molar-refractivity contribution in [1.82, 2.24) is 5.32 Å². The van der Waals surface area contributed by atoms with Crippen LogP contribution in [-0.2, 0) is 27.4 Å². The van der Waals surface area contributed by atoms with Crippen molar-refractivity contribution >= 4 is 22.6 Å². The van der Waals surface area contributed by atoms with Gasteiger partial charge < -0.3 is 10.1 Å². The molecule has 1 amide bonds. The average Bonchev–Trinajstić information content (AvgIpc) is 2.66. The molecule has 3 aromatic carbocycles. The molecule has 0 saturated heterocycles. The van der Waals surface area contributed by atoms with Crippen LogP contribution in [0.1, 0.15) is 16.7 Å². The molecule has 4 nitrogen and oxygen atoms in total. The van der Waals surface area contributed by atoms with E-state index in [9.17, 15) is 9.59 Å². The van der Waals surface area contributed by atoms with Gasteiger partial charge in [-0.3, -0.25) is 9.59 Å². The number of rotatable bonds is 6. The lowest BCUT2D eigenvalue weighted by Gasteiger charge is -2.08. The molecule has 0 unspecified atom stereocenters. The van der Waals surface area contributed by atoms with Crippen LogP contribution >= 0.6 is 0 Å². The molecule has 0 atom stereocenters. The third-order valence-electron chi connectivity index (χ3n) is 4.18. The number of ether oxygens (including phenoxy) is 1. The Morgan fingerprint density at radius 2 is 1.65 bits per heavy atom. The van der Waals surface area contributed by atoms with Gasteiger partial charge in [-0.25, -0.2) is 0 Å². The van der Waals surface area contributed by atoms with Crippen LogP contribution in [-0.4, -0.2) is 18.4 Å². The zero-order valence-electron chi connectivity index (χ0n) is 14.7. The summed E-state index contributed by atoms with van der Waals surface area (Å²) in [4.78, 5) is 24.0. The minimum Gasteiger partial charge on any atom is -0.460 e. The van der Waals surface area contributed by atoms with Gasteiger partial charge in [0.05, 0.1) is 6.42 Å². The van der Waals surface area contributed by atoms with E-state index in [0.717, 1.165) is 27.5 Å². The number of amides is 1. The summed E-state index contributed by atoms with van der Waals surface area (Å²) in [7, 11) is 0. The van der Waals surface area contributed by atoms with Crippen molar-refractivity contribution in [3.63, 3.8) is 0 Å². The summed E-state index contributed by atoms with van der Waals surface area (Å²) in [6, 6.07) is 21.6. The lowest BCUT2D eigenvalue weighted by atomic mass is 10.0. The fraction of sp³-hybridized carbons (Fsp3) is 0.182. The van der Waals surface area contributed by atoms with Gasteiger partial charge in [0.25, 0.3) is 0 Å². The summed E-state index contributed by atoms with van der Waals surface area (Å²) in [5.74, 6) is -0.648. The highest BCUT2D eigenvalue weighted by Crippen LogP contribution is 2.18. The fourth-order valence-corrected chi connectivity index (χ4v) is 2.75. The van der Waals surface area contributed by atoms with E-state index in [1.807, 2.05) is 73.7 Å². The number of hydrogen-bond acceptors (Lipinski definition) is 3. The third kappa shape index (κ3) is 4.70. The summed E-state index contributed by atoms with van der Waals surface area (Å²) in [6.07, 6.45) is 0.229. The van der Waals surface area contributed by atoms with E-state index in [1.54, 1.807) is 0 Å².